The molecule has 0 fully saturated rings. The number of phenolic OH excluding ortho intramolecular Hbond substituents is 1. The van der Waals surface area contributed by atoms with E-state index in [9.17, 15) is 9.90 Å². The lowest BCUT2D eigenvalue weighted by Gasteiger charge is -2.35. The van der Waals surface area contributed by atoms with Gasteiger partial charge in [0.05, 0.1) is 0 Å². The number of benzene rings is 5. The maximum absolute atomic E-state index is 12.6. The predicted octanol–water partition coefficient (Wildman–Crippen LogP) is 10.5. The van der Waals surface area contributed by atoms with Gasteiger partial charge in [-0.3, -0.25) is 0 Å². The third kappa shape index (κ3) is 8.83. The van der Waals surface area contributed by atoms with Crippen molar-refractivity contribution in [3.63, 3.8) is 0 Å². The van der Waals surface area contributed by atoms with Crippen LogP contribution in [0.15, 0.2) is 164 Å². The van der Waals surface area contributed by atoms with Crippen LogP contribution in [0.5, 0.6) is 5.75 Å². The van der Waals surface area contributed by atoms with Crippen LogP contribution in [0.1, 0.15) is 61.1 Å². The van der Waals surface area contributed by atoms with Crippen LogP contribution in [0, 0.1) is 0 Å². The van der Waals surface area contributed by atoms with Crippen molar-refractivity contribution in [2.24, 2.45) is 0 Å². The Morgan fingerprint density at radius 1 is 0.587 bits per heavy atom. The number of hydrogen-bond donors (Lipinski definition) is 1. The number of esters is 1. The van der Waals surface area contributed by atoms with Gasteiger partial charge in [0.2, 0.25) is 0 Å². The summed E-state index contributed by atoms with van der Waals surface area (Å²) in [6.45, 7) is 12.1. The molecule has 0 spiro atoms. The summed E-state index contributed by atoms with van der Waals surface area (Å²) in [6, 6.07) is 45.2. The highest BCUT2D eigenvalue weighted by atomic mass is 16.6. The molecule has 0 aromatic heterocycles. The molecule has 1 N–H and O–H groups in total. The number of carbonyl (C=O) groups is 1. The summed E-state index contributed by atoms with van der Waals surface area (Å²) in [5, 5.41) is 9.22. The van der Waals surface area contributed by atoms with Crippen molar-refractivity contribution in [2.45, 2.75) is 38.7 Å². The molecule has 232 valence electrons. The van der Waals surface area contributed by atoms with E-state index in [0.717, 1.165) is 22.3 Å². The van der Waals surface area contributed by atoms with Crippen molar-refractivity contribution in [2.75, 3.05) is 0 Å². The minimum Gasteiger partial charge on any atom is -0.508 e. The SMILES string of the molecule is C=C(C)C(=O)OC(c1ccccc1)(c1ccccc1)c1ccccc1.CC(C)(C)c1ccc(C=CC=Cc2ccc(O)cc2)cc1. The van der Waals surface area contributed by atoms with E-state index >= 15 is 0 Å². The van der Waals surface area contributed by atoms with Crippen LogP contribution in [0.4, 0.5) is 0 Å². The summed E-state index contributed by atoms with van der Waals surface area (Å²) >= 11 is 0. The molecule has 3 nitrogen and oxygen atoms in total. The maximum Gasteiger partial charge on any atom is 0.334 e. The number of carbonyl (C=O) groups excluding carboxylic acids is 1. The Hall–Kier alpha value is -5.41. The number of rotatable bonds is 8. The third-order valence-corrected chi connectivity index (χ3v) is 7.49. The average molecular weight is 607 g/mol. The maximum atomic E-state index is 12.6. The van der Waals surface area contributed by atoms with E-state index in [0.29, 0.717) is 11.3 Å². The minimum absolute atomic E-state index is 0.195. The van der Waals surface area contributed by atoms with Crippen LogP contribution in [0.25, 0.3) is 12.2 Å². The smallest absolute Gasteiger partial charge is 0.334 e. The Kier molecular flexibility index (Phi) is 11.3. The summed E-state index contributed by atoms with van der Waals surface area (Å²) in [6.07, 6.45) is 8.13. The van der Waals surface area contributed by atoms with E-state index in [-0.39, 0.29) is 5.41 Å². The van der Waals surface area contributed by atoms with Crippen molar-refractivity contribution in [3.8, 4) is 5.75 Å². The summed E-state index contributed by atoms with van der Waals surface area (Å²) < 4.78 is 6.12. The lowest BCUT2D eigenvalue weighted by atomic mass is 9.80. The van der Waals surface area contributed by atoms with Crippen LogP contribution < -0.4 is 0 Å². The van der Waals surface area contributed by atoms with Crippen LogP contribution in [0.3, 0.4) is 0 Å². The van der Waals surface area contributed by atoms with E-state index in [4.69, 9.17) is 4.74 Å². The van der Waals surface area contributed by atoms with Gasteiger partial charge in [-0.25, -0.2) is 4.79 Å². The Morgan fingerprint density at radius 2 is 0.957 bits per heavy atom. The third-order valence-electron chi connectivity index (χ3n) is 7.49. The molecule has 0 unspecified atom stereocenters. The average Bonchev–Trinajstić information content (AvgIpc) is 3.07. The van der Waals surface area contributed by atoms with E-state index in [1.165, 1.54) is 11.1 Å². The van der Waals surface area contributed by atoms with Gasteiger partial charge in [-0.1, -0.05) is 179 Å². The molecule has 0 atom stereocenters. The quantitative estimate of drug-likeness (QED) is 0.0827. The van der Waals surface area contributed by atoms with Crippen molar-refractivity contribution in [1.29, 1.82) is 0 Å². The molecule has 0 radical (unpaired) electrons. The number of aromatic hydroxyl groups is 1. The molecule has 0 heterocycles. The van der Waals surface area contributed by atoms with Crippen molar-refractivity contribution >= 4 is 18.1 Å². The number of allylic oxidation sites excluding steroid dienone is 2. The molecule has 0 saturated heterocycles. The molecule has 0 amide bonds. The van der Waals surface area contributed by atoms with Crippen LogP contribution in [-0.2, 0) is 20.5 Å². The molecule has 5 aromatic rings. The van der Waals surface area contributed by atoms with Gasteiger partial charge < -0.3 is 9.84 Å². The first-order valence-electron chi connectivity index (χ1n) is 15.4. The van der Waals surface area contributed by atoms with Gasteiger partial charge >= 0.3 is 5.97 Å². The van der Waals surface area contributed by atoms with E-state index < -0.39 is 11.6 Å². The fraction of sp³-hybridized carbons (Fsp3) is 0.140. The predicted molar refractivity (Wildman–Crippen MR) is 191 cm³/mol. The monoisotopic (exact) mass is 606 g/mol. The van der Waals surface area contributed by atoms with Gasteiger partial charge in [-0.05, 0) is 41.2 Å². The van der Waals surface area contributed by atoms with Crippen LogP contribution in [0.2, 0.25) is 0 Å². The number of hydrogen-bond acceptors (Lipinski definition) is 3. The molecule has 0 aliphatic carbocycles. The molecule has 0 aliphatic rings. The molecular weight excluding hydrogens is 564 g/mol. The standard InChI is InChI=1S/C23H20O2.C20H22O/c1-18(2)22(24)25-23(19-12-6-3-7-13-19,20-14-8-4-9-15-20)21-16-10-5-11-17-21;1-20(2,3)18-12-8-16(9-13-18)6-4-5-7-17-10-14-19(21)15-11-17/h3-17H,1H2,2H3;4-15,21H,1-3H3. The van der Waals surface area contributed by atoms with Gasteiger partial charge in [0.1, 0.15) is 5.75 Å². The second-order valence-electron chi connectivity index (χ2n) is 12.1. The van der Waals surface area contributed by atoms with Crippen LogP contribution >= 0.6 is 0 Å². The first-order chi connectivity index (χ1) is 22.1. The van der Waals surface area contributed by atoms with Crippen molar-refractivity contribution < 1.29 is 14.6 Å². The van der Waals surface area contributed by atoms with Gasteiger partial charge in [0, 0.05) is 22.3 Å². The van der Waals surface area contributed by atoms with Gasteiger partial charge in [-0.15, -0.1) is 0 Å². The normalized spacial score (nSPS) is 11.6. The lowest BCUT2D eigenvalue weighted by Crippen LogP contribution is -2.35. The van der Waals surface area contributed by atoms with Gasteiger partial charge in [0.15, 0.2) is 5.60 Å². The fourth-order valence-electron chi connectivity index (χ4n) is 4.93. The fourth-order valence-corrected chi connectivity index (χ4v) is 4.93. The summed E-state index contributed by atoms with van der Waals surface area (Å²) in [7, 11) is 0. The molecule has 3 heteroatoms. The molecule has 5 rings (SSSR count). The van der Waals surface area contributed by atoms with Crippen molar-refractivity contribution in [3.05, 3.63) is 197 Å². The first-order valence-corrected chi connectivity index (χ1v) is 15.4. The second-order valence-corrected chi connectivity index (χ2v) is 12.1. The zero-order chi connectivity index (χ0) is 33.0. The summed E-state index contributed by atoms with van der Waals surface area (Å²) in [5.41, 5.74) is 5.82. The zero-order valence-electron chi connectivity index (χ0n) is 27.1. The zero-order valence-corrected chi connectivity index (χ0v) is 27.1. The van der Waals surface area contributed by atoms with Gasteiger partial charge in [0.25, 0.3) is 0 Å². The Bertz CT molecular complexity index is 1650. The lowest BCUT2D eigenvalue weighted by molar-refractivity contribution is -0.148. The van der Waals surface area contributed by atoms with E-state index in [1.54, 1.807) is 19.1 Å². The second kappa shape index (κ2) is 15.5. The highest BCUT2D eigenvalue weighted by Gasteiger charge is 2.40. The largest absolute Gasteiger partial charge is 0.508 e. The minimum atomic E-state index is -1.03. The summed E-state index contributed by atoms with van der Waals surface area (Å²) in [5.74, 6) is -0.127. The molecular formula is C43H42O3. The van der Waals surface area contributed by atoms with Crippen LogP contribution in [-0.4, -0.2) is 11.1 Å². The number of ether oxygens (including phenoxy) is 1. The molecule has 46 heavy (non-hydrogen) atoms. The Labute approximate surface area is 273 Å². The molecule has 0 aliphatic heterocycles. The topological polar surface area (TPSA) is 46.5 Å². The highest BCUT2D eigenvalue weighted by molar-refractivity contribution is 5.88. The molecule has 0 bridgehead atoms. The summed E-state index contributed by atoms with van der Waals surface area (Å²) in [4.78, 5) is 12.6. The molecule has 0 saturated carbocycles. The Balaban J connectivity index is 0.000000212. The van der Waals surface area contributed by atoms with Gasteiger partial charge in [-0.2, -0.15) is 0 Å². The molecule has 5 aromatic carbocycles. The highest BCUT2D eigenvalue weighted by Crippen LogP contribution is 2.40. The Morgan fingerprint density at radius 3 is 1.30 bits per heavy atom. The first kappa shape index (κ1) is 33.5. The number of phenols is 1. The van der Waals surface area contributed by atoms with E-state index in [1.807, 2.05) is 121 Å². The van der Waals surface area contributed by atoms with Crippen molar-refractivity contribution in [1.82, 2.24) is 0 Å². The van der Waals surface area contributed by atoms with E-state index in [2.05, 4.69) is 57.7 Å².